The van der Waals surface area contributed by atoms with Crippen LogP contribution in [0.5, 0.6) is 5.75 Å². The van der Waals surface area contributed by atoms with Gasteiger partial charge in [0, 0.05) is 35.9 Å². The Morgan fingerprint density at radius 1 is 1.16 bits per heavy atom. The molecule has 2 aromatic carbocycles. The first-order chi connectivity index (χ1) is 15.2. The minimum absolute atomic E-state index is 0.0975. The molecule has 0 aliphatic heterocycles. The number of anilines is 2. The van der Waals surface area contributed by atoms with Crippen LogP contribution in [0, 0.1) is 16.0 Å². The van der Waals surface area contributed by atoms with Crippen LogP contribution < -0.4 is 15.4 Å². The molecule has 0 unspecified atom stereocenters. The van der Waals surface area contributed by atoms with E-state index in [-0.39, 0.29) is 11.4 Å². The predicted octanol–water partition coefficient (Wildman–Crippen LogP) is 4.79. The minimum atomic E-state index is -0.560. The molecule has 0 radical (unpaired) electrons. The van der Waals surface area contributed by atoms with Crippen molar-refractivity contribution in [1.29, 1.82) is 0 Å². The number of benzene rings is 2. The predicted molar refractivity (Wildman–Crippen MR) is 127 cm³/mol. The molecule has 32 heavy (non-hydrogen) atoms. The summed E-state index contributed by atoms with van der Waals surface area (Å²) in [6.45, 7) is 6.22. The summed E-state index contributed by atoms with van der Waals surface area (Å²) in [5, 5.41) is 17.8. The lowest BCUT2D eigenvalue weighted by Crippen LogP contribution is -2.20. The van der Waals surface area contributed by atoms with E-state index in [9.17, 15) is 14.9 Å². The Morgan fingerprint density at radius 2 is 1.94 bits per heavy atom. The Balaban J connectivity index is 1.69. The number of hydrogen-bond donors (Lipinski definition) is 2. The van der Waals surface area contributed by atoms with Gasteiger partial charge in [0.2, 0.25) is 0 Å². The SMILES string of the molecule is CC(C)COc1ccc(NC(=O)Nc2ccc3c(ccn3CCN(C)C)c2)c([N+](=O)[O-])c1. The van der Waals surface area contributed by atoms with Crippen LogP contribution in [0.15, 0.2) is 48.7 Å². The average Bonchev–Trinajstić information content (AvgIpc) is 3.13. The Hall–Kier alpha value is -3.59. The molecule has 0 fully saturated rings. The van der Waals surface area contributed by atoms with Crippen molar-refractivity contribution in [3.63, 3.8) is 0 Å². The molecule has 9 heteroatoms. The molecule has 9 nitrogen and oxygen atoms in total. The highest BCUT2D eigenvalue weighted by molar-refractivity contribution is 6.02. The van der Waals surface area contributed by atoms with Crippen molar-refractivity contribution in [2.24, 2.45) is 5.92 Å². The summed E-state index contributed by atoms with van der Waals surface area (Å²) in [5.74, 6) is 0.681. The number of rotatable bonds is 9. The first kappa shape index (κ1) is 23.1. The number of nitrogens with one attached hydrogen (secondary N) is 2. The van der Waals surface area contributed by atoms with Gasteiger partial charge in [0.25, 0.3) is 5.69 Å². The zero-order chi connectivity index (χ0) is 23.3. The standard InChI is InChI=1S/C23H29N5O4/c1-16(2)15-32-19-6-7-20(22(14-19)28(30)31)25-23(29)24-18-5-8-21-17(13-18)9-10-27(21)12-11-26(3)4/h5-10,13-14,16H,11-12,15H2,1-4H3,(H2,24,25,29). The summed E-state index contributed by atoms with van der Waals surface area (Å²) in [5.41, 5.74) is 1.54. The van der Waals surface area contributed by atoms with Crippen molar-refractivity contribution < 1.29 is 14.5 Å². The van der Waals surface area contributed by atoms with E-state index in [1.54, 1.807) is 6.07 Å². The largest absolute Gasteiger partial charge is 0.493 e. The zero-order valence-electron chi connectivity index (χ0n) is 18.8. The quantitative estimate of drug-likeness (QED) is 0.369. The molecule has 2 amide bonds. The van der Waals surface area contributed by atoms with Crippen LogP contribution >= 0.6 is 0 Å². The number of carbonyl (C=O) groups is 1. The lowest BCUT2D eigenvalue weighted by atomic mass is 10.2. The molecule has 170 valence electrons. The maximum absolute atomic E-state index is 12.5. The molecule has 3 aromatic rings. The molecule has 0 saturated heterocycles. The van der Waals surface area contributed by atoms with E-state index < -0.39 is 11.0 Å². The summed E-state index contributed by atoms with van der Waals surface area (Å²) in [6, 6.07) is 11.5. The molecule has 0 bridgehead atoms. The lowest BCUT2D eigenvalue weighted by molar-refractivity contribution is -0.384. The van der Waals surface area contributed by atoms with E-state index in [1.165, 1.54) is 12.1 Å². The minimum Gasteiger partial charge on any atom is -0.493 e. The molecule has 0 spiro atoms. The van der Waals surface area contributed by atoms with Crippen LogP contribution in [-0.4, -0.2) is 47.7 Å². The normalized spacial score (nSPS) is 11.2. The number of likely N-dealkylation sites (N-methyl/N-ethyl adjacent to an activating group) is 1. The number of aromatic nitrogens is 1. The Labute approximate surface area is 187 Å². The van der Waals surface area contributed by atoms with Crippen LogP contribution in [0.3, 0.4) is 0 Å². The number of urea groups is 1. The Kier molecular flexibility index (Phi) is 7.32. The smallest absolute Gasteiger partial charge is 0.323 e. The number of nitrogens with zero attached hydrogens (tertiary/aromatic N) is 3. The van der Waals surface area contributed by atoms with Crippen LogP contribution in [0.4, 0.5) is 21.9 Å². The fourth-order valence-electron chi connectivity index (χ4n) is 3.19. The second-order valence-corrected chi connectivity index (χ2v) is 8.31. The fraction of sp³-hybridized carbons (Fsp3) is 0.348. The summed E-state index contributed by atoms with van der Waals surface area (Å²) in [6.07, 6.45) is 2.02. The summed E-state index contributed by atoms with van der Waals surface area (Å²) >= 11 is 0. The van der Waals surface area contributed by atoms with Crippen molar-refractivity contribution in [3.05, 3.63) is 58.8 Å². The van der Waals surface area contributed by atoms with E-state index >= 15 is 0 Å². The summed E-state index contributed by atoms with van der Waals surface area (Å²) in [4.78, 5) is 25.5. The van der Waals surface area contributed by atoms with Gasteiger partial charge in [-0.3, -0.25) is 10.1 Å². The van der Waals surface area contributed by atoms with Crippen molar-refractivity contribution in [2.45, 2.75) is 20.4 Å². The van der Waals surface area contributed by atoms with Gasteiger partial charge in [-0.2, -0.15) is 0 Å². The number of amides is 2. The van der Waals surface area contributed by atoms with Crippen LogP contribution in [0.2, 0.25) is 0 Å². The highest BCUT2D eigenvalue weighted by atomic mass is 16.6. The number of nitro groups is 1. The zero-order valence-corrected chi connectivity index (χ0v) is 18.8. The van der Waals surface area contributed by atoms with Gasteiger partial charge in [-0.05, 0) is 56.4 Å². The first-order valence-corrected chi connectivity index (χ1v) is 10.5. The molecule has 1 aromatic heterocycles. The van der Waals surface area contributed by atoms with E-state index in [2.05, 4.69) is 20.1 Å². The van der Waals surface area contributed by atoms with Gasteiger partial charge < -0.3 is 24.8 Å². The molecule has 0 aliphatic rings. The second kappa shape index (κ2) is 10.1. The van der Waals surface area contributed by atoms with Crippen LogP contribution in [0.1, 0.15) is 13.8 Å². The van der Waals surface area contributed by atoms with Crippen molar-refractivity contribution in [1.82, 2.24) is 9.47 Å². The van der Waals surface area contributed by atoms with E-state index in [1.807, 2.05) is 58.4 Å². The second-order valence-electron chi connectivity index (χ2n) is 8.31. The molecule has 3 rings (SSSR count). The molecule has 0 aliphatic carbocycles. The molecule has 2 N–H and O–H groups in total. The van der Waals surface area contributed by atoms with Gasteiger partial charge in [-0.1, -0.05) is 13.8 Å². The third-order valence-corrected chi connectivity index (χ3v) is 4.81. The van der Waals surface area contributed by atoms with Gasteiger partial charge >= 0.3 is 6.03 Å². The first-order valence-electron chi connectivity index (χ1n) is 10.5. The van der Waals surface area contributed by atoms with Gasteiger partial charge in [0.1, 0.15) is 11.4 Å². The molecule has 0 saturated carbocycles. The van der Waals surface area contributed by atoms with Gasteiger partial charge in [0.05, 0.1) is 17.6 Å². The van der Waals surface area contributed by atoms with E-state index in [0.29, 0.717) is 24.0 Å². The number of nitro benzene ring substituents is 1. The average molecular weight is 440 g/mol. The summed E-state index contributed by atoms with van der Waals surface area (Å²) in [7, 11) is 4.06. The van der Waals surface area contributed by atoms with Crippen molar-refractivity contribution >= 4 is 34.0 Å². The molecule has 1 heterocycles. The fourth-order valence-corrected chi connectivity index (χ4v) is 3.19. The topological polar surface area (TPSA) is 102 Å². The van der Waals surface area contributed by atoms with Crippen LogP contribution in [0.25, 0.3) is 10.9 Å². The molecular weight excluding hydrogens is 410 g/mol. The summed E-state index contributed by atoms with van der Waals surface area (Å²) < 4.78 is 7.71. The van der Waals surface area contributed by atoms with Crippen molar-refractivity contribution in [3.8, 4) is 5.75 Å². The van der Waals surface area contributed by atoms with Gasteiger partial charge in [0.15, 0.2) is 0 Å². The highest BCUT2D eigenvalue weighted by Gasteiger charge is 2.18. The van der Waals surface area contributed by atoms with Crippen molar-refractivity contribution in [2.75, 3.05) is 37.9 Å². The van der Waals surface area contributed by atoms with Gasteiger partial charge in [-0.25, -0.2) is 4.79 Å². The highest BCUT2D eigenvalue weighted by Crippen LogP contribution is 2.29. The van der Waals surface area contributed by atoms with E-state index in [0.717, 1.165) is 24.0 Å². The maximum atomic E-state index is 12.5. The third kappa shape index (κ3) is 5.98. The monoisotopic (exact) mass is 439 g/mol. The molecular formula is C23H29N5O4. The number of fused-ring (bicyclic) bond motifs is 1. The van der Waals surface area contributed by atoms with Gasteiger partial charge in [-0.15, -0.1) is 0 Å². The maximum Gasteiger partial charge on any atom is 0.323 e. The number of hydrogen-bond acceptors (Lipinski definition) is 5. The lowest BCUT2D eigenvalue weighted by Gasteiger charge is -2.12. The Bertz CT molecular complexity index is 1110. The Morgan fingerprint density at radius 3 is 2.62 bits per heavy atom. The molecule has 0 atom stereocenters. The van der Waals surface area contributed by atoms with Crippen LogP contribution in [-0.2, 0) is 6.54 Å². The number of ether oxygens (including phenoxy) is 1. The number of carbonyl (C=O) groups excluding carboxylic acids is 1. The third-order valence-electron chi connectivity index (χ3n) is 4.81. The van der Waals surface area contributed by atoms with E-state index in [4.69, 9.17) is 4.74 Å².